The summed E-state index contributed by atoms with van der Waals surface area (Å²) in [5.41, 5.74) is 27.8. The van der Waals surface area contributed by atoms with Gasteiger partial charge in [0.15, 0.2) is 0 Å². The summed E-state index contributed by atoms with van der Waals surface area (Å²) in [6, 6.07) is 151. The minimum atomic E-state index is -1.07. The number of benzene rings is 14. The summed E-state index contributed by atoms with van der Waals surface area (Å²) in [5.74, 6) is 1.12. The van der Waals surface area contributed by atoms with Crippen LogP contribution in [0, 0.1) is 24.1 Å². The molecule has 20 aromatic rings. The summed E-state index contributed by atoms with van der Waals surface area (Å²) in [6.07, 6.45) is 6.54. The third-order valence-electron chi connectivity index (χ3n) is 25.7. The number of phenolic OH excluding ortho intramolecular Hbond substituents is 3. The first-order valence-corrected chi connectivity index (χ1v) is 53.2. The first-order valence-electron chi connectivity index (χ1n) is 49.2. The monoisotopic (exact) mass is 2510 g/mol. The van der Waals surface area contributed by atoms with Crippen molar-refractivity contribution in [1.29, 1.82) is 0 Å². The molecule has 0 aliphatic carbocycles. The van der Waals surface area contributed by atoms with E-state index in [0.29, 0.717) is 28.4 Å². The Morgan fingerprint density at radius 2 is 0.531 bits per heavy atom. The van der Waals surface area contributed by atoms with E-state index in [1.165, 1.54) is 76.8 Å². The molecule has 0 aliphatic rings. The molecule has 0 amide bonds. The van der Waals surface area contributed by atoms with Crippen LogP contribution in [0.2, 0.25) is 0 Å². The maximum Gasteiger partial charge on any atom is 0.124 e. The molecule has 0 spiro atoms. The quantitative estimate of drug-likeness (QED) is 0.0474. The maximum atomic E-state index is 11.0. The van der Waals surface area contributed by atoms with Crippen molar-refractivity contribution < 1.29 is 78.5 Å². The second-order valence-electron chi connectivity index (χ2n) is 40.9. The van der Waals surface area contributed by atoms with Crippen LogP contribution in [0.3, 0.4) is 0 Å². The molecular formula is C132H118N6O3P3Pt3-3. The molecular weight excluding hydrogens is 2400 g/mol. The number of pyridine rings is 6. The van der Waals surface area contributed by atoms with Gasteiger partial charge in [0.05, 0.1) is 33.4 Å². The van der Waals surface area contributed by atoms with Gasteiger partial charge in [-0.1, -0.05) is 379 Å². The number of hydrogen-bond acceptors (Lipinski definition) is 9. The van der Waals surface area contributed by atoms with Crippen LogP contribution in [0.25, 0.3) is 123 Å². The molecule has 3 atom stereocenters. The van der Waals surface area contributed by atoms with Gasteiger partial charge in [0.1, 0.15) is 17.2 Å². The van der Waals surface area contributed by atoms with Crippen molar-refractivity contribution >= 4 is 82.7 Å². The molecule has 6 aromatic heterocycles. The van der Waals surface area contributed by atoms with Gasteiger partial charge in [0.25, 0.3) is 0 Å². The standard InChI is InChI=1S/C48H44N2OP.C46H42N2OP.C38H32N2OP.3Pt/c1-47(2,3)37-27-35(28-38(32-37)48(4,5)6)36-30-42(50-43(31-36)41-22-10-12-23-44(41)51)34-19-16-20-39(29-34)52(46-25-14-15-26-49-46)45-24-13-11-21-40(45)33-17-8-7-9-18-33;1-45(2,3)35-25-33(26-36(30-35)46(4,5)6)34-28-40(48-41(29-34)39-20-9-10-21-42(39)49)32-17-13-18-37(27-32)50(44-23-11-12-24-47-44)43-22-14-16-31-15-7-8-19-38(31)43;1-27(2)23-28-24-34(40-35(25-28)33-18-6-8-19-36(33)41)30-15-12-16-31(26-30)42(38-21-10-11-22-39-38)37-20-9-7-17-32(37)29-13-4-3-5-14-29;;;/h7-28,30-32,51H,1-6H3;7-26,28-30,49H,1-6H3;3-22,24-25,27,41H,23H2,1-2H3;;;/q3*-1;;;. The topological polar surface area (TPSA) is 138 Å². The van der Waals surface area contributed by atoms with E-state index in [1.54, 1.807) is 18.2 Å². The van der Waals surface area contributed by atoms with Crippen LogP contribution < -0.4 is 48.1 Å². The Bertz CT molecular complexity index is 7880. The molecule has 3 N–H and O–H groups in total. The predicted octanol–water partition coefficient (Wildman–Crippen LogP) is 29.4. The minimum Gasteiger partial charge on any atom is -0.507 e. The van der Waals surface area contributed by atoms with Crippen molar-refractivity contribution in [3.8, 4) is 129 Å². The SMILES string of the molecule is CC(C)(C)c1cc(-c2cc(-c3[c-]c(P(c4ccccn4)c4cccc5ccccc45)ccc3)nc(-c3ccccc3O)c2)cc(C(C)(C)C)c1.CC(C)(C)c1cc(-c2cc(-c3[c-]c(P(c4ccccn4)c4ccccc4-c4ccccc4)ccc3)nc(-c3ccccc3O)c2)cc(C(C)(C)C)c1.CC(C)Cc1cc(-c2[c-]c(P(c3ccccn3)c3ccccc3-c3ccccc3)ccc2)nc(-c2ccccc2O)c1.[Pt].[Pt].[Pt]. The van der Waals surface area contributed by atoms with Gasteiger partial charge in [-0.05, 0) is 259 Å². The Balaban J connectivity index is 0.000000165. The van der Waals surface area contributed by atoms with Gasteiger partial charge >= 0.3 is 0 Å². The minimum absolute atomic E-state index is 0. The summed E-state index contributed by atoms with van der Waals surface area (Å²) < 4.78 is 0. The predicted molar refractivity (Wildman–Crippen MR) is 609 cm³/mol. The smallest absolute Gasteiger partial charge is 0.124 e. The van der Waals surface area contributed by atoms with Gasteiger partial charge < -0.3 is 15.3 Å². The summed E-state index contributed by atoms with van der Waals surface area (Å²) in [7, 11) is -3.11. The Morgan fingerprint density at radius 3 is 0.884 bits per heavy atom. The molecule has 20 rings (SSSR count). The van der Waals surface area contributed by atoms with Crippen LogP contribution in [0.4, 0.5) is 0 Å². The summed E-state index contributed by atoms with van der Waals surface area (Å²) in [5, 5.41) is 42.0. The van der Waals surface area contributed by atoms with Gasteiger partial charge in [-0.2, -0.15) is 0 Å². The third-order valence-corrected chi connectivity index (χ3v) is 32.7. The van der Waals surface area contributed by atoms with Crippen molar-refractivity contribution in [3.05, 3.63) is 471 Å². The fraction of sp³-hybridized carbons (Fsp3) is 0.152. The summed E-state index contributed by atoms with van der Waals surface area (Å²) in [6.45, 7) is 31.6. The van der Waals surface area contributed by atoms with Gasteiger partial charge in [-0.15, -0.1) is 89.5 Å². The molecule has 0 saturated heterocycles. The van der Waals surface area contributed by atoms with Gasteiger partial charge in [0.2, 0.25) is 0 Å². The molecule has 147 heavy (non-hydrogen) atoms. The number of fused-ring (bicyclic) bond motifs is 1. The number of para-hydroxylation sites is 3. The average molecular weight is 2510 g/mol. The third kappa shape index (κ3) is 25.9. The molecule has 9 nitrogen and oxygen atoms in total. The molecule has 0 aliphatic heterocycles. The van der Waals surface area contributed by atoms with Crippen LogP contribution in [0.1, 0.15) is 125 Å². The molecule has 6 heterocycles. The number of hydrogen-bond donors (Lipinski definition) is 3. The molecule has 742 valence electrons. The first-order chi connectivity index (χ1) is 69.5. The number of phenols is 3. The largest absolute Gasteiger partial charge is 0.507 e. The Morgan fingerprint density at radius 1 is 0.252 bits per heavy atom. The molecule has 0 radical (unpaired) electrons. The Hall–Kier alpha value is -13.0. The summed E-state index contributed by atoms with van der Waals surface area (Å²) in [4.78, 5) is 30.1. The molecule has 0 fully saturated rings. The second-order valence-corrected chi connectivity index (χ2v) is 47.2. The zero-order valence-electron chi connectivity index (χ0n) is 85.0. The van der Waals surface area contributed by atoms with Crippen LogP contribution in [-0.2, 0) is 91.3 Å². The second kappa shape index (κ2) is 47.9. The maximum absolute atomic E-state index is 11.0. The van der Waals surface area contributed by atoms with Gasteiger partial charge in [-0.25, -0.2) is 0 Å². The van der Waals surface area contributed by atoms with Crippen LogP contribution in [0.5, 0.6) is 17.2 Å². The van der Waals surface area contributed by atoms with Crippen molar-refractivity contribution in [3.63, 3.8) is 0 Å². The first kappa shape index (κ1) is 108. The van der Waals surface area contributed by atoms with E-state index < -0.39 is 23.8 Å². The molecule has 0 saturated carbocycles. The van der Waals surface area contributed by atoms with Crippen molar-refractivity contribution in [2.75, 3.05) is 0 Å². The molecule has 14 aromatic carbocycles. The number of rotatable bonds is 21. The Kier molecular flexibility index (Phi) is 35.2. The number of nitrogens with zero attached hydrogens (tertiary/aromatic N) is 6. The van der Waals surface area contributed by atoms with E-state index in [-0.39, 0.29) is 102 Å². The molecule has 0 bridgehead atoms. The van der Waals surface area contributed by atoms with E-state index in [0.717, 1.165) is 106 Å². The molecule has 15 heteroatoms. The van der Waals surface area contributed by atoms with Crippen molar-refractivity contribution in [2.45, 2.75) is 125 Å². The van der Waals surface area contributed by atoms with E-state index >= 15 is 0 Å². The van der Waals surface area contributed by atoms with Crippen LogP contribution in [0.15, 0.2) is 425 Å². The van der Waals surface area contributed by atoms with E-state index in [2.05, 4.69) is 431 Å². The van der Waals surface area contributed by atoms with Gasteiger partial charge in [0, 0.05) is 98.5 Å². The Labute approximate surface area is 914 Å². The van der Waals surface area contributed by atoms with Crippen molar-refractivity contribution in [1.82, 2.24) is 29.9 Å². The normalized spacial score (nSPS) is 12.1. The zero-order chi connectivity index (χ0) is 100. The zero-order valence-corrected chi connectivity index (χ0v) is 94.5. The van der Waals surface area contributed by atoms with E-state index in [9.17, 15) is 15.3 Å². The van der Waals surface area contributed by atoms with E-state index in [1.807, 2.05) is 91.4 Å². The number of aromatic nitrogens is 6. The van der Waals surface area contributed by atoms with Crippen LogP contribution in [-0.4, -0.2) is 45.2 Å². The number of aromatic hydroxyl groups is 3. The van der Waals surface area contributed by atoms with Crippen LogP contribution >= 0.6 is 23.8 Å². The van der Waals surface area contributed by atoms with Gasteiger partial charge in [-0.3, -0.25) is 29.9 Å². The fourth-order valence-electron chi connectivity index (χ4n) is 18.1. The average Bonchev–Trinajstić information content (AvgIpc) is 0.749. The van der Waals surface area contributed by atoms with Crippen molar-refractivity contribution in [2.24, 2.45) is 5.92 Å². The van der Waals surface area contributed by atoms with E-state index in [4.69, 9.17) is 29.9 Å². The molecule has 3 unspecified atom stereocenters. The summed E-state index contributed by atoms with van der Waals surface area (Å²) >= 11 is 0. The fourth-order valence-corrected chi connectivity index (χ4v) is 25.0.